The highest BCUT2D eigenvalue weighted by molar-refractivity contribution is 6.11. The Kier molecular flexibility index (Phi) is 2.91. The minimum Gasteiger partial charge on any atom is -0.508 e. The molecule has 0 radical (unpaired) electrons. The molecule has 0 aliphatic heterocycles. The number of phenolic OH excluding ortho intramolecular Hbond substituents is 1. The molecule has 0 saturated heterocycles. The van der Waals surface area contributed by atoms with Crippen LogP contribution in [0.15, 0.2) is 52.9 Å². The summed E-state index contributed by atoms with van der Waals surface area (Å²) in [6.07, 6.45) is 0. The third-order valence-corrected chi connectivity index (χ3v) is 3.16. The summed E-state index contributed by atoms with van der Waals surface area (Å²) in [6.45, 7) is 0. The van der Waals surface area contributed by atoms with Crippen molar-refractivity contribution in [3.8, 4) is 17.1 Å². The number of hydrogen-bond donors (Lipinski definition) is 2. The molecule has 0 fully saturated rings. The topological polar surface area (TPSA) is 62.5 Å². The third kappa shape index (κ3) is 1.91. The molecule has 1 amide bonds. The van der Waals surface area contributed by atoms with E-state index in [4.69, 9.17) is 4.42 Å². The number of carbonyl (C=O) groups is 1. The van der Waals surface area contributed by atoms with Crippen molar-refractivity contribution in [1.82, 2.24) is 5.32 Å². The molecule has 0 saturated carbocycles. The summed E-state index contributed by atoms with van der Waals surface area (Å²) in [5.74, 6) is 0.363. The van der Waals surface area contributed by atoms with E-state index in [-0.39, 0.29) is 11.7 Å². The van der Waals surface area contributed by atoms with Crippen LogP contribution in [0.25, 0.3) is 22.3 Å². The van der Waals surface area contributed by atoms with E-state index in [1.54, 1.807) is 13.1 Å². The molecular formula is C16H13NO3. The fraction of sp³-hybridized carbons (Fsp3) is 0.0625. The average Bonchev–Trinajstić information content (AvgIpc) is 2.86. The van der Waals surface area contributed by atoms with Gasteiger partial charge >= 0.3 is 0 Å². The zero-order valence-corrected chi connectivity index (χ0v) is 10.9. The molecular weight excluding hydrogens is 254 g/mol. The van der Waals surface area contributed by atoms with E-state index >= 15 is 0 Å². The van der Waals surface area contributed by atoms with Crippen molar-refractivity contribution in [3.05, 3.63) is 54.1 Å². The number of benzene rings is 2. The zero-order chi connectivity index (χ0) is 14.1. The Morgan fingerprint density at radius 2 is 1.90 bits per heavy atom. The minimum absolute atomic E-state index is 0.100. The Balaban J connectivity index is 2.34. The fourth-order valence-electron chi connectivity index (χ4n) is 2.23. The summed E-state index contributed by atoms with van der Waals surface area (Å²) in [6, 6.07) is 14.2. The van der Waals surface area contributed by atoms with E-state index < -0.39 is 0 Å². The Bertz CT molecular complexity index is 775. The molecule has 0 aliphatic carbocycles. The molecule has 0 bridgehead atoms. The van der Waals surface area contributed by atoms with Crippen molar-refractivity contribution >= 4 is 16.9 Å². The van der Waals surface area contributed by atoms with Gasteiger partial charge in [-0.25, -0.2) is 0 Å². The highest BCUT2D eigenvalue weighted by Gasteiger charge is 2.21. The normalized spacial score (nSPS) is 10.7. The molecule has 20 heavy (non-hydrogen) atoms. The summed E-state index contributed by atoms with van der Waals surface area (Å²) in [5.41, 5.74) is 1.83. The summed E-state index contributed by atoms with van der Waals surface area (Å²) in [4.78, 5) is 12.1. The van der Waals surface area contributed by atoms with Crippen molar-refractivity contribution in [2.24, 2.45) is 0 Å². The van der Waals surface area contributed by atoms with Gasteiger partial charge in [0, 0.05) is 18.0 Å². The van der Waals surface area contributed by atoms with E-state index in [1.807, 2.05) is 30.3 Å². The second-order valence-electron chi connectivity index (χ2n) is 4.43. The van der Waals surface area contributed by atoms with Gasteiger partial charge in [-0.2, -0.15) is 0 Å². The lowest BCUT2D eigenvalue weighted by atomic mass is 10.0. The number of carbonyl (C=O) groups excluding carboxylic acids is 1. The maximum atomic E-state index is 12.1. The van der Waals surface area contributed by atoms with E-state index in [2.05, 4.69) is 5.32 Å². The predicted octanol–water partition coefficient (Wildman–Crippen LogP) is 3.17. The Hall–Kier alpha value is -2.75. The number of nitrogens with one attached hydrogen (secondary N) is 1. The first kappa shape index (κ1) is 12.3. The minimum atomic E-state index is -0.242. The van der Waals surface area contributed by atoms with Crippen LogP contribution in [0, 0.1) is 0 Å². The van der Waals surface area contributed by atoms with Gasteiger partial charge in [0.15, 0.2) is 0 Å². The van der Waals surface area contributed by atoms with Crippen LogP contribution in [0.2, 0.25) is 0 Å². The van der Waals surface area contributed by atoms with Crippen LogP contribution in [0.5, 0.6) is 5.75 Å². The first-order valence-corrected chi connectivity index (χ1v) is 6.23. The van der Waals surface area contributed by atoms with Crippen LogP contribution in [-0.2, 0) is 0 Å². The number of furan rings is 1. The monoisotopic (exact) mass is 267 g/mol. The molecule has 2 aromatic carbocycles. The van der Waals surface area contributed by atoms with E-state index in [9.17, 15) is 9.90 Å². The molecule has 4 heteroatoms. The fourth-order valence-corrected chi connectivity index (χ4v) is 2.23. The van der Waals surface area contributed by atoms with Crippen LogP contribution < -0.4 is 5.32 Å². The Morgan fingerprint density at radius 3 is 2.60 bits per heavy atom. The maximum Gasteiger partial charge on any atom is 0.255 e. The smallest absolute Gasteiger partial charge is 0.255 e. The summed E-state index contributed by atoms with van der Waals surface area (Å²) >= 11 is 0. The quantitative estimate of drug-likeness (QED) is 0.749. The Labute approximate surface area is 115 Å². The highest BCUT2D eigenvalue weighted by Crippen LogP contribution is 2.35. The number of fused-ring (bicyclic) bond motifs is 1. The lowest BCUT2D eigenvalue weighted by Crippen LogP contribution is -2.18. The van der Waals surface area contributed by atoms with Crippen molar-refractivity contribution in [2.75, 3.05) is 7.05 Å². The Morgan fingerprint density at radius 1 is 1.15 bits per heavy atom. The second-order valence-corrected chi connectivity index (χ2v) is 4.43. The largest absolute Gasteiger partial charge is 0.508 e. The van der Waals surface area contributed by atoms with Crippen molar-refractivity contribution in [2.45, 2.75) is 0 Å². The standard InChI is InChI=1S/C16H13NO3/c1-17-16(19)14-12-9-11(18)7-8-13(12)20-15(14)10-5-3-2-4-6-10/h2-9,18H,1H3,(H,17,19). The lowest BCUT2D eigenvalue weighted by molar-refractivity contribution is 0.0964. The third-order valence-electron chi connectivity index (χ3n) is 3.16. The van der Waals surface area contributed by atoms with Crippen molar-refractivity contribution in [1.29, 1.82) is 0 Å². The molecule has 3 rings (SSSR count). The van der Waals surface area contributed by atoms with Gasteiger partial charge < -0.3 is 14.8 Å². The summed E-state index contributed by atoms with van der Waals surface area (Å²) in [7, 11) is 1.57. The maximum absolute atomic E-state index is 12.1. The average molecular weight is 267 g/mol. The van der Waals surface area contributed by atoms with E-state index in [1.165, 1.54) is 12.1 Å². The molecule has 0 unspecified atom stereocenters. The molecule has 1 heterocycles. The number of hydrogen-bond acceptors (Lipinski definition) is 3. The van der Waals surface area contributed by atoms with Gasteiger partial charge in [0.2, 0.25) is 0 Å². The zero-order valence-electron chi connectivity index (χ0n) is 10.9. The van der Waals surface area contributed by atoms with Gasteiger partial charge in [-0.15, -0.1) is 0 Å². The molecule has 0 aliphatic rings. The van der Waals surface area contributed by atoms with Gasteiger partial charge in [-0.05, 0) is 18.2 Å². The lowest BCUT2D eigenvalue weighted by Gasteiger charge is -2.02. The molecule has 0 spiro atoms. The van der Waals surface area contributed by atoms with Gasteiger partial charge in [0.05, 0.1) is 5.56 Å². The molecule has 0 atom stereocenters. The molecule has 1 aromatic heterocycles. The van der Waals surface area contributed by atoms with Crippen LogP contribution in [0.1, 0.15) is 10.4 Å². The van der Waals surface area contributed by atoms with Crippen molar-refractivity contribution in [3.63, 3.8) is 0 Å². The van der Waals surface area contributed by atoms with Gasteiger partial charge in [0.25, 0.3) is 5.91 Å². The molecule has 100 valence electrons. The van der Waals surface area contributed by atoms with Crippen molar-refractivity contribution < 1.29 is 14.3 Å². The van der Waals surface area contributed by atoms with E-state index in [0.717, 1.165) is 5.56 Å². The second kappa shape index (κ2) is 4.74. The SMILES string of the molecule is CNC(=O)c1c(-c2ccccc2)oc2ccc(O)cc12. The number of rotatable bonds is 2. The number of aromatic hydroxyl groups is 1. The van der Waals surface area contributed by atoms with Crippen LogP contribution >= 0.6 is 0 Å². The first-order chi connectivity index (χ1) is 9.70. The molecule has 4 nitrogen and oxygen atoms in total. The summed E-state index contributed by atoms with van der Waals surface area (Å²) < 4.78 is 5.79. The predicted molar refractivity (Wildman–Crippen MR) is 76.7 cm³/mol. The van der Waals surface area contributed by atoms with E-state index in [0.29, 0.717) is 22.3 Å². The number of amides is 1. The molecule has 3 aromatic rings. The van der Waals surface area contributed by atoms with Gasteiger partial charge in [-0.3, -0.25) is 4.79 Å². The van der Waals surface area contributed by atoms with Crippen LogP contribution in [0.3, 0.4) is 0 Å². The van der Waals surface area contributed by atoms with Gasteiger partial charge in [0.1, 0.15) is 17.1 Å². The summed E-state index contributed by atoms with van der Waals surface area (Å²) in [5, 5.41) is 12.8. The molecule has 2 N–H and O–H groups in total. The van der Waals surface area contributed by atoms with Gasteiger partial charge in [-0.1, -0.05) is 30.3 Å². The van der Waals surface area contributed by atoms with Crippen LogP contribution in [0.4, 0.5) is 0 Å². The first-order valence-electron chi connectivity index (χ1n) is 6.23. The number of phenols is 1. The van der Waals surface area contributed by atoms with Crippen LogP contribution in [-0.4, -0.2) is 18.1 Å². The highest BCUT2D eigenvalue weighted by atomic mass is 16.3.